The Balaban J connectivity index is 0. The highest BCUT2D eigenvalue weighted by Gasteiger charge is 2.05. The molecule has 0 N–H and O–H groups in total. The van der Waals surface area contributed by atoms with Gasteiger partial charge in [0.1, 0.15) is 11.6 Å². The van der Waals surface area contributed by atoms with Crippen LogP contribution in [-0.4, -0.2) is 12.6 Å². The third-order valence-electron chi connectivity index (χ3n) is 1.11. The Hall–Kier alpha value is 0.160. The van der Waals surface area contributed by atoms with Crippen LogP contribution < -0.4 is 0 Å². The summed E-state index contributed by atoms with van der Waals surface area (Å²) in [4.78, 5) is 10.7. The number of halogens is 2. The Morgan fingerprint density at radius 3 is 2.54 bits per heavy atom. The molecule has 13 heavy (non-hydrogen) atoms. The first-order chi connectivity index (χ1) is 6.22. The molecular weight excluding hydrogens is 396 g/mol. The van der Waals surface area contributed by atoms with Crippen LogP contribution in [0.25, 0.3) is 0 Å². The molecule has 0 saturated carbocycles. The van der Waals surface area contributed by atoms with Crippen LogP contribution in [0.4, 0.5) is 0 Å². The minimum Gasteiger partial charge on any atom is -0.462 e. The topological polar surface area (TPSA) is 50.1 Å². The molecule has 0 unspecified atom stereocenters. The minimum atomic E-state index is -0.610. The summed E-state index contributed by atoms with van der Waals surface area (Å²) in [5.41, 5.74) is -0.138. The van der Waals surface area contributed by atoms with Gasteiger partial charge in [0.15, 0.2) is 0 Å². The van der Waals surface area contributed by atoms with E-state index in [9.17, 15) is 4.79 Å². The Bertz CT molecular complexity index is 199. The second-order valence-electron chi connectivity index (χ2n) is 2.08. The molecule has 3 nitrogen and oxygen atoms in total. The van der Waals surface area contributed by atoms with Gasteiger partial charge in [-0.3, -0.25) is 0 Å². The molecule has 0 aliphatic carbocycles. The lowest BCUT2D eigenvalue weighted by Gasteiger charge is -1.99. The first-order valence-electron chi connectivity index (χ1n) is 3.62. The normalized spacial score (nSPS) is 7.54. The van der Waals surface area contributed by atoms with Crippen LogP contribution in [0.15, 0.2) is 12.2 Å². The van der Waals surface area contributed by atoms with E-state index < -0.39 is 5.97 Å². The molecule has 0 heterocycles. The molecule has 0 bridgehead atoms. The second kappa shape index (κ2) is 12.2. The van der Waals surface area contributed by atoms with Crippen molar-refractivity contribution in [2.24, 2.45) is 0 Å². The predicted octanol–water partition coefficient (Wildman–Crippen LogP) is 3.18. The lowest BCUT2D eigenvalue weighted by molar-refractivity contribution is -0.138. The molecule has 0 aliphatic heterocycles. The summed E-state index contributed by atoms with van der Waals surface area (Å²) in [5.74, 6) is -0.610. The van der Waals surface area contributed by atoms with E-state index in [-0.39, 0.29) is 5.57 Å². The first kappa shape index (κ1) is 15.6. The second-order valence-corrected chi connectivity index (χ2v) is 2.08. The van der Waals surface area contributed by atoms with Crippen LogP contribution in [-0.2, 0) is 9.53 Å². The van der Waals surface area contributed by atoms with Crippen molar-refractivity contribution in [3.8, 4) is 6.07 Å². The monoisotopic (exact) mass is 407 g/mol. The van der Waals surface area contributed by atoms with E-state index in [0.717, 1.165) is 12.8 Å². The molecule has 0 fully saturated rings. The van der Waals surface area contributed by atoms with Gasteiger partial charge in [-0.15, -0.1) is 0 Å². The number of carbonyl (C=O) groups excluding carboxylic acids is 1. The molecule has 0 aromatic carbocycles. The first-order valence-corrected chi connectivity index (χ1v) is 9.91. The van der Waals surface area contributed by atoms with Gasteiger partial charge in [-0.2, -0.15) is 5.26 Å². The van der Waals surface area contributed by atoms with Crippen LogP contribution >= 0.6 is 37.2 Å². The van der Waals surface area contributed by atoms with E-state index in [1.54, 1.807) is 6.07 Å². The van der Waals surface area contributed by atoms with E-state index in [2.05, 4.69) is 48.5 Å². The fourth-order valence-corrected chi connectivity index (χ4v) is 0.442. The van der Waals surface area contributed by atoms with E-state index in [4.69, 9.17) is 5.26 Å². The fourth-order valence-electron chi connectivity index (χ4n) is 0.442. The molecular formula is C8H11I2NO2. The van der Waals surface area contributed by atoms with Crippen LogP contribution in [0.5, 0.6) is 0 Å². The summed E-state index contributed by atoms with van der Waals surface area (Å²) in [6.07, 6.45) is 1.79. The zero-order valence-electron chi connectivity index (χ0n) is 7.35. The average Bonchev–Trinajstić information content (AvgIpc) is 2.20. The van der Waals surface area contributed by atoms with E-state index in [1.807, 2.05) is 6.92 Å². The maximum absolute atomic E-state index is 10.7. The van der Waals surface area contributed by atoms with Crippen molar-refractivity contribution in [2.45, 2.75) is 19.8 Å². The van der Waals surface area contributed by atoms with E-state index >= 15 is 0 Å². The summed E-state index contributed by atoms with van der Waals surface area (Å²) in [7, 11) is 0. The molecule has 0 saturated heterocycles. The summed E-state index contributed by atoms with van der Waals surface area (Å²) in [6, 6.07) is 1.62. The number of carbonyl (C=O) groups is 1. The molecule has 0 atom stereocenters. The lowest BCUT2D eigenvalue weighted by atomic mass is 10.3. The van der Waals surface area contributed by atoms with Crippen molar-refractivity contribution < 1.29 is 9.53 Å². The smallest absolute Gasteiger partial charge is 0.348 e. The summed E-state index contributed by atoms with van der Waals surface area (Å²) >= 11 is 4.24. The van der Waals surface area contributed by atoms with E-state index in [0.29, 0.717) is 6.61 Å². The number of ether oxygens (including phenoxy) is 1. The van der Waals surface area contributed by atoms with Gasteiger partial charge in [0.05, 0.1) is 6.61 Å². The third-order valence-corrected chi connectivity index (χ3v) is 1.11. The lowest BCUT2D eigenvalue weighted by Crippen LogP contribution is -2.06. The van der Waals surface area contributed by atoms with Gasteiger partial charge < -0.3 is 4.74 Å². The molecule has 0 rings (SSSR count). The van der Waals surface area contributed by atoms with Gasteiger partial charge >= 0.3 is 5.97 Å². The van der Waals surface area contributed by atoms with Crippen molar-refractivity contribution in [1.29, 1.82) is 5.26 Å². The molecule has 0 radical (unpaired) electrons. The van der Waals surface area contributed by atoms with Gasteiger partial charge in [-0.1, -0.05) is 19.9 Å². The third kappa shape index (κ3) is 10.1. The molecule has 74 valence electrons. The molecule has 0 aliphatic rings. The number of nitriles is 1. The zero-order valence-corrected chi connectivity index (χ0v) is 11.7. The van der Waals surface area contributed by atoms with E-state index in [1.165, 1.54) is 0 Å². The van der Waals surface area contributed by atoms with Gasteiger partial charge in [0.2, 0.25) is 0 Å². The average molecular weight is 407 g/mol. The Morgan fingerprint density at radius 1 is 1.62 bits per heavy atom. The maximum atomic E-state index is 10.7. The van der Waals surface area contributed by atoms with Gasteiger partial charge in [-0.25, -0.2) is 4.79 Å². The predicted molar refractivity (Wildman–Crippen MR) is 68.7 cm³/mol. The van der Waals surface area contributed by atoms with Crippen LogP contribution in [0.3, 0.4) is 0 Å². The van der Waals surface area contributed by atoms with Gasteiger partial charge in [-0.05, 0) is 6.42 Å². The van der Waals surface area contributed by atoms with Crippen molar-refractivity contribution in [3.05, 3.63) is 12.2 Å². The Morgan fingerprint density at radius 2 is 2.15 bits per heavy atom. The quantitative estimate of drug-likeness (QED) is 0.237. The molecule has 5 heteroatoms. The number of nitrogens with zero attached hydrogens (tertiary/aromatic N) is 1. The fraction of sp³-hybridized carbons (Fsp3) is 0.500. The SMILES string of the molecule is C=C(C#N)C(=O)OCCCC.II. The van der Waals surface area contributed by atoms with Gasteiger partial charge in [0, 0.05) is 37.2 Å². The van der Waals surface area contributed by atoms with Gasteiger partial charge in [0.25, 0.3) is 0 Å². The standard InChI is InChI=1S/C8H11NO2.I2/c1-3-4-5-11-8(10)7(2)6-9;1-2/h2-5H2,1H3;. The molecule has 0 aromatic heterocycles. The number of rotatable bonds is 4. The molecule has 0 aromatic rings. The highest BCUT2D eigenvalue weighted by atomic mass is 128. The maximum Gasteiger partial charge on any atom is 0.348 e. The summed E-state index contributed by atoms with van der Waals surface area (Å²) in [5, 5.41) is 8.21. The Labute approximate surface area is 102 Å². The van der Waals surface area contributed by atoms with Crippen LogP contribution in [0.2, 0.25) is 0 Å². The summed E-state index contributed by atoms with van der Waals surface area (Å²) in [6.45, 7) is 5.58. The van der Waals surface area contributed by atoms with Crippen molar-refractivity contribution in [1.82, 2.24) is 0 Å². The highest BCUT2D eigenvalue weighted by molar-refractivity contribution is 15.0. The highest BCUT2D eigenvalue weighted by Crippen LogP contribution is 1.94. The van der Waals surface area contributed by atoms with Crippen LogP contribution in [0.1, 0.15) is 19.8 Å². The van der Waals surface area contributed by atoms with Crippen molar-refractivity contribution >= 4 is 43.2 Å². The number of hydrogen-bond acceptors (Lipinski definition) is 3. The number of hydrogen-bond donors (Lipinski definition) is 0. The largest absolute Gasteiger partial charge is 0.462 e. The minimum absolute atomic E-state index is 0.138. The van der Waals surface area contributed by atoms with Crippen molar-refractivity contribution in [2.75, 3.05) is 6.61 Å². The van der Waals surface area contributed by atoms with Crippen LogP contribution in [0, 0.1) is 11.3 Å². The number of unbranched alkanes of at least 4 members (excludes halogenated alkanes) is 1. The molecule has 0 amide bonds. The van der Waals surface area contributed by atoms with Crippen molar-refractivity contribution in [3.63, 3.8) is 0 Å². The Kier molecular flexibility index (Phi) is 14.6. The zero-order chi connectivity index (χ0) is 10.7. The number of esters is 1. The summed E-state index contributed by atoms with van der Waals surface area (Å²) < 4.78 is 4.67. The molecule has 0 spiro atoms.